The average molecular weight is 436 g/mol. The summed E-state index contributed by atoms with van der Waals surface area (Å²) < 4.78 is 0. The summed E-state index contributed by atoms with van der Waals surface area (Å²) in [4.78, 5) is 18.1. The second-order valence-electron chi connectivity index (χ2n) is 7.75. The Morgan fingerprint density at radius 2 is 1.97 bits per heavy atom. The topological polar surface area (TPSA) is 126 Å². The van der Waals surface area contributed by atoms with Crippen molar-refractivity contribution in [3.8, 4) is 0 Å². The second kappa shape index (κ2) is 10.6. The minimum atomic E-state index is -1.09. The molecule has 5 N–H and O–H groups in total. The number of aromatic carboxylic acids is 1. The Hall–Kier alpha value is -3.65. The van der Waals surface area contributed by atoms with Crippen LogP contribution in [0.4, 0.5) is 5.69 Å². The van der Waals surface area contributed by atoms with Crippen LogP contribution in [0.5, 0.6) is 0 Å². The first-order valence-electron chi connectivity index (χ1n) is 10.5. The predicted octanol–water partition coefficient (Wildman–Crippen LogP) is 3.46. The lowest BCUT2D eigenvalue weighted by atomic mass is 10.0. The SMILES string of the molecule is CC(=N)N1CCC(N=C(N)c2cccc(/C=C/CN(O)c3ccccc3C(=O)O)c2)CC1. The van der Waals surface area contributed by atoms with Crippen LogP contribution >= 0.6 is 0 Å². The number of carbonyl (C=O) groups is 1. The molecule has 0 aromatic heterocycles. The van der Waals surface area contributed by atoms with Crippen molar-refractivity contribution in [2.75, 3.05) is 24.7 Å². The second-order valence-corrected chi connectivity index (χ2v) is 7.75. The standard InChI is InChI=1S/C24H29N5O3/c1-17(25)28-14-11-20(12-15-28)27-23(26)19-8-4-6-18(16-19)7-5-13-29(32)22-10-3-2-9-21(22)24(30)31/h2-10,16,20,25,32H,11-15H2,1H3,(H2,26,27)(H,30,31)/b7-5+,25-17?. The van der Waals surface area contributed by atoms with Crippen molar-refractivity contribution >= 4 is 29.4 Å². The molecule has 8 nitrogen and oxygen atoms in total. The number of nitrogens with zero attached hydrogens (tertiary/aromatic N) is 3. The molecule has 1 heterocycles. The fourth-order valence-corrected chi connectivity index (χ4v) is 3.67. The van der Waals surface area contributed by atoms with Crippen LogP contribution in [0.15, 0.2) is 59.6 Å². The minimum absolute atomic E-state index is 0.0380. The third kappa shape index (κ3) is 5.95. The first kappa shape index (κ1) is 23.0. The summed E-state index contributed by atoms with van der Waals surface area (Å²) in [5.74, 6) is -0.0121. The Balaban J connectivity index is 1.63. The number of amidine groups is 2. The number of hydroxylamine groups is 1. The van der Waals surface area contributed by atoms with E-state index in [-0.39, 0.29) is 23.8 Å². The van der Waals surface area contributed by atoms with Crippen molar-refractivity contribution < 1.29 is 15.1 Å². The number of rotatable bonds is 7. The maximum absolute atomic E-state index is 11.3. The molecule has 2 aromatic carbocycles. The summed E-state index contributed by atoms with van der Waals surface area (Å²) in [5, 5.41) is 28.2. The average Bonchev–Trinajstić information content (AvgIpc) is 2.79. The van der Waals surface area contributed by atoms with Gasteiger partial charge in [0.05, 0.1) is 29.7 Å². The lowest BCUT2D eigenvalue weighted by Crippen LogP contribution is -2.38. The molecule has 1 aliphatic heterocycles. The van der Waals surface area contributed by atoms with E-state index in [0.717, 1.165) is 42.1 Å². The number of benzene rings is 2. The number of piperidine rings is 1. The van der Waals surface area contributed by atoms with Gasteiger partial charge >= 0.3 is 5.97 Å². The molecule has 0 atom stereocenters. The number of nitrogens with two attached hydrogens (primary N) is 1. The van der Waals surface area contributed by atoms with Crippen LogP contribution in [-0.4, -0.2) is 58.5 Å². The highest BCUT2D eigenvalue weighted by atomic mass is 16.5. The van der Waals surface area contributed by atoms with Gasteiger partial charge in [-0.1, -0.05) is 42.5 Å². The number of carboxylic acids is 1. The van der Waals surface area contributed by atoms with Crippen molar-refractivity contribution in [3.63, 3.8) is 0 Å². The van der Waals surface area contributed by atoms with Crippen LogP contribution in [0.3, 0.4) is 0 Å². The van der Waals surface area contributed by atoms with Crippen LogP contribution in [0, 0.1) is 5.41 Å². The van der Waals surface area contributed by atoms with Gasteiger partial charge in [0.15, 0.2) is 0 Å². The molecule has 0 unspecified atom stereocenters. The van der Waals surface area contributed by atoms with E-state index in [0.29, 0.717) is 11.7 Å². The lowest BCUT2D eigenvalue weighted by Gasteiger charge is -2.31. The van der Waals surface area contributed by atoms with Crippen molar-refractivity contribution in [1.82, 2.24) is 4.90 Å². The van der Waals surface area contributed by atoms with Crippen molar-refractivity contribution in [1.29, 1.82) is 5.41 Å². The summed E-state index contributed by atoms with van der Waals surface area (Å²) in [7, 11) is 0. The number of nitrogens with one attached hydrogen (secondary N) is 1. The van der Waals surface area contributed by atoms with E-state index < -0.39 is 5.97 Å². The Morgan fingerprint density at radius 3 is 2.66 bits per heavy atom. The van der Waals surface area contributed by atoms with Gasteiger partial charge in [-0.05, 0) is 43.5 Å². The van der Waals surface area contributed by atoms with E-state index >= 15 is 0 Å². The van der Waals surface area contributed by atoms with E-state index in [1.807, 2.05) is 35.2 Å². The first-order chi connectivity index (χ1) is 15.3. The highest BCUT2D eigenvalue weighted by Gasteiger charge is 2.19. The van der Waals surface area contributed by atoms with E-state index in [4.69, 9.17) is 11.1 Å². The summed E-state index contributed by atoms with van der Waals surface area (Å²) in [6.07, 6.45) is 5.34. The molecule has 0 spiro atoms. The summed E-state index contributed by atoms with van der Waals surface area (Å²) in [6, 6.07) is 14.1. The van der Waals surface area contributed by atoms with Gasteiger partial charge in [-0.3, -0.25) is 20.7 Å². The zero-order chi connectivity index (χ0) is 23.1. The normalized spacial score (nSPS) is 15.2. The van der Waals surface area contributed by atoms with E-state index in [1.165, 1.54) is 6.07 Å². The molecule has 2 aromatic rings. The smallest absolute Gasteiger partial charge is 0.337 e. The maximum atomic E-state index is 11.3. The van der Waals surface area contributed by atoms with Gasteiger partial charge in [-0.15, -0.1) is 0 Å². The van der Waals surface area contributed by atoms with Gasteiger partial charge in [0.25, 0.3) is 0 Å². The molecule has 8 heteroatoms. The Morgan fingerprint density at radius 1 is 1.25 bits per heavy atom. The highest BCUT2D eigenvalue weighted by Crippen LogP contribution is 2.19. The molecule has 1 fully saturated rings. The first-order valence-corrected chi connectivity index (χ1v) is 10.5. The number of anilines is 1. The Labute approximate surface area is 187 Å². The van der Waals surface area contributed by atoms with Crippen LogP contribution in [0.2, 0.25) is 0 Å². The van der Waals surface area contributed by atoms with E-state index in [2.05, 4.69) is 4.99 Å². The summed E-state index contributed by atoms with van der Waals surface area (Å²) >= 11 is 0. The lowest BCUT2D eigenvalue weighted by molar-refractivity contribution is 0.0695. The molecule has 3 rings (SSSR count). The predicted molar refractivity (Wildman–Crippen MR) is 127 cm³/mol. The third-order valence-electron chi connectivity index (χ3n) is 5.44. The van der Waals surface area contributed by atoms with Gasteiger partial charge in [0, 0.05) is 18.7 Å². The van der Waals surface area contributed by atoms with Crippen LogP contribution in [0.1, 0.15) is 41.3 Å². The molecular weight excluding hydrogens is 406 g/mol. The number of carboxylic acid groups (broad SMARTS) is 1. The number of para-hydroxylation sites is 1. The fourth-order valence-electron chi connectivity index (χ4n) is 3.67. The number of hydrogen-bond acceptors (Lipinski definition) is 5. The number of likely N-dealkylation sites (tertiary alicyclic amines) is 1. The fraction of sp³-hybridized carbons (Fsp3) is 0.292. The molecule has 0 bridgehead atoms. The van der Waals surface area contributed by atoms with Gasteiger partial charge < -0.3 is 15.7 Å². The quantitative estimate of drug-likeness (QED) is 0.300. The molecule has 1 aliphatic rings. The van der Waals surface area contributed by atoms with Gasteiger partial charge in [0.2, 0.25) is 0 Å². The molecule has 0 radical (unpaired) electrons. The maximum Gasteiger partial charge on any atom is 0.337 e. The van der Waals surface area contributed by atoms with Crippen molar-refractivity contribution in [2.24, 2.45) is 10.7 Å². The Kier molecular flexibility index (Phi) is 7.62. The molecule has 168 valence electrons. The third-order valence-corrected chi connectivity index (χ3v) is 5.44. The van der Waals surface area contributed by atoms with Gasteiger partial charge in [0.1, 0.15) is 5.84 Å². The molecule has 32 heavy (non-hydrogen) atoms. The molecule has 1 saturated heterocycles. The van der Waals surface area contributed by atoms with E-state index in [1.54, 1.807) is 31.2 Å². The van der Waals surface area contributed by atoms with Crippen LogP contribution < -0.4 is 10.8 Å². The zero-order valence-electron chi connectivity index (χ0n) is 18.1. The molecule has 0 amide bonds. The van der Waals surface area contributed by atoms with Crippen molar-refractivity contribution in [2.45, 2.75) is 25.8 Å². The van der Waals surface area contributed by atoms with Crippen LogP contribution in [0.25, 0.3) is 6.08 Å². The molecule has 0 saturated carbocycles. The highest BCUT2D eigenvalue weighted by molar-refractivity contribution is 5.98. The largest absolute Gasteiger partial charge is 0.478 e. The monoisotopic (exact) mass is 435 g/mol. The zero-order valence-corrected chi connectivity index (χ0v) is 18.1. The Bertz CT molecular complexity index is 1030. The van der Waals surface area contributed by atoms with Gasteiger partial charge in [-0.2, -0.15) is 0 Å². The summed E-state index contributed by atoms with van der Waals surface area (Å²) in [5.41, 5.74) is 8.25. The van der Waals surface area contributed by atoms with Gasteiger partial charge in [-0.25, -0.2) is 4.79 Å². The molecule has 0 aliphatic carbocycles. The van der Waals surface area contributed by atoms with E-state index in [9.17, 15) is 15.1 Å². The van der Waals surface area contributed by atoms with Crippen molar-refractivity contribution in [3.05, 3.63) is 71.3 Å². The number of aliphatic imine (C=N–C) groups is 1. The minimum Gasteiger partial charge on any atom is -0.478 e. The van der Waals surface area contributed by atoms with Crippen LogP contribution in [-0.2, 0) is 0 Å². The summed E-state index contributed by atoms with van der Waals surface area (Å²) in [6.45, 7) is 3.57. The number of hydrogen-bond donors (Lipinski definition) is 4. The molecular formula is C24H29N5O3.